The standard InChI is InChI=1S/C23H19F5NO2/c24-22(25,23(26,27)28)20-6-1-2-7-21(20)31-29-12-10-16(11-13-29)18-5-3-4-15-8-9-17(30)14-19(15)18/h1-9,14,16H,10-13H2. The van der Waals surface area contributed by atoms with Crippen LogP contribution in [0.3, 0.4) is 0 Å². The predicted molar refractivity (Wildman–Crippen MR) is 105 cm³/mol. The molecule has 1 fully saturated rings. The molecule has 1 heterocycles. The van der Waals surface area contributed by atoms with Gasteiger partial charge in [-0.15, -0.1) is 5.06 Å². The Morgan fingerprint density at radius 1 is 0.871 bits per heavy atom. The van der Waals surface area contributed by atoms with Gasteiger partial charge in [-0.2, -0.15) is 22.0 Å². The number of rotatable bonds is 4. The third-order valence-corrected chi connectivity index (χ3v) is 5.59. The first-order valence-corrected chi connectivity index (χ1v) is 9.83. The van der Waals surface area contributed by atoms with Crippen LogP contribution in [0, 0.1) is 0 Å². The van der Waals surface area contributed by atoms with E-state index in [0.29, 0.717) is 25.9 Å². The van der Waals surface area contributed by atoms with Gasteiger partial charge in [-0.05, 0) is 59.4 Å². The maximum atomic E-state index is 13.9. The molecule has 1 aliphatic heterocycles. The molecule has 0 bridgehead atoms. The molecule has 8 heteroatoms. The molecule has 1 aliphatic rings. The van der Waals surface area contributed by atoms with Gasteiger partial charge in [0, 0.05) is 13.1 Å². The van der Waals surface area contributed by atoms with Crippen molar-refractivity contribution in [2.24, 2.45) is 0 Å². The molecule has 0 aliphatic carbocycles. The van der Waals surface area contributed by atoms with Crippen molar-refractivity contribution in [3.05, 3.63) is 71.8 Å². The van der Waals surface area contributed by atoms with Gasteiger partial charge in [0.15, 0.2) is 11.5 Å². The highest BCUT2D eigenvalue weighted by atomic mass is 19.4. The van der Waals surface area contributed by atoms with Gasteiger partial charge in [0.1, 0.15) is 0 Å². The van der Waals surface area contributed by atoms with E-state index in [1.165, 1.54) is 17.2 Å². The third kappa shape index (κ3) is 4.17. The second-order valence-electron chi connectivity index (χ2n) is 7.59. The Balaban J connectivity index is 1.50. The number of para-hydroxylation sites is 1. The number of piperidine rings is 1. The SMILES string of the molecule is [O]c1ccc2cccc(C3CCN(Oc4ccccc4C(F)(F)C(F)(F)F)CC3)c2c1. The van der Waals surface area contributed by atoms with Crippen LogP contribution in [0.15, 0.2) is 60.7 Å². The van der Waals surface area contributed by atoms with Crippen molar-refractivity contribution in [1.29, 1.82) is 0 Å². The molecule has 3 aromatic carbocycles. The van der Waals surface area contributed by atoms with E-state index >= 15 is 0 Å². The van der Waals surface area contributed by atoms with Crippen molar-refractivity contribution >= 4 is 10.8 Å². The summed E-state index contributed by atoms with van der Waals surface area (Å²) < 4.78 is 66.3. The van der Waals surface area contributed by atoms with Crippen molar-refractivity contribution in [2.45, 2.75) is 30.9 Å². The highest BCUT2D eigenvalue weighted by Crippen LogP contribution is 2.47. The van der Waals surface area contributed by atoms with Crippen molar-refractivity contribution in [3.63, 3.8) is 0 Å². The van der Waals surface area contributed by atoms with Gasteiger partial charge >= 0.3 is 12.1 Å². The maximum Gasteiger partial charge on any atom is 0.458 e. The van der Waals surface area contributed by atoms with E-state index in [0.717, 1.165) is 34.5 Å². The zero-order chi connectivity index (χ0) is 22.2. The Bertz CT molecular complexity index is 1070. The third-order valence-electron chi connectivity index (χ3n) is 5.59. The lowest BCUT2D eigenvalue weighted by molar-refractivity contribution is -0.290. The van der Waals surface area contributed by atoms with Crippen LogP contribution in [-0.2, 0) is 11.0 Å². The summed E-state index contributed by atoms with van der Waals surface area (Å²) in [5, 5.41) is 15.0. The van der Waals surface area contributed by atoms with Crippen molar-refractivity contribution < 1.29 is 31.9 Å². The molecule has 163 valence electrons. The van der Waals surface area contributed by atoms with E-state index in [-0.39, 0.29) is 11.7 Å². The Morgan fingerprint density at radius 2 is 1.58 bits per heavy atom. The van der Waals surface area contributed by atoms with Crippen LogP contribution in [-0.4, -0.2) is 24.3 Å². The van der Waals surface area contributed by atoms with E-state index in [1.807, 2.05) is 18.2 Å². The van der Waals surface area contributed by atoms with Gasteiger partial charge in [-0.3, -0.25) is 5.11 Å². The Labute approximate surface area is 175 Å². The second kappa shape index (κ2) is 8.00. The van der Waals surface area contributed by atoms with E-state index in [1.54, 1.807) is 12.1 Å². The number of hydrogen-bond donors (Lipinski definition) is 0. The number of alkyl halides is 5. The molecule has 0 saturated carbocycles. The molecule has 4 rings (SSSR count). The Kier molecular flexibility index (Phi) is 5.51. The first-order valence-electron chi connectivity index (χ1n) is 9.83. The molecule has 0 atom stereocenters. The molecule has 3 aromatic rings. The summed E-state index contributed by atoms with van der Waals surface area (Å²) in [6.45, 7) is 0.702. The first-order chi connectivity index (χ1) is 14.7. The Hall–Kier alpha value is -2.87. The monoisotopic (exact) mass is 436 g/mol. The van der Waals surface area contributed by atoms with Gasteiger partial charge < -0.3 is 4.84 Å². The minimum atomic E-state index is -5.71. The van der Waals surface area contributed by atoms with Crippen LogP contribution < -0.4 is 4.84 Å². The van der Waals surface area contributed by atoms with Crippen LogP contribution in [0.2, 0.25) is 0 Å². The highest BCUT2D eigenvalue weighted by molar-refractivity contribution is 5.87. The lowest BCUT2D eigenvalue weighted by Gasteiger charge is -2.33. The molecule has 0 aromatic heterocycles. The fourth-order valence-electron chi connectivity index (χ4n) is 3.99. The number of benzene rings is 3. The number of hydroxylamine groups is 2. The summed E-state index contributed by atoms with van der Waals surface area (Å²) in [6, 6.07) is 15.0. The maximum absolute atomic E-state index is 13.9. The minimum absolute atomic E-state index is 0.0806. The molecule has 0 N–H and O–H groups in total. The molecular weight excluding hydrogens is 417 g/mol. The molecule has 1 radical (unpaired) electrons. The zero-order valence-electron chi connectivity index (χ0n) is 16.3. The number of hydrogen-bond acceptors (Lipinski definition) is 2. The van der Waals surface area contributed by atoms with E-state index in [2.05, 4.69) is 0 Å². The average Bonchev–Trinajstić information content (AvgIpc) is 2.73. The first kappa shape index (κ1) is 21.4. The summed E-state index contributed by atoms with van der Waals surface area (Å²) in [7, 11) is 0. The lowest BCUT2D eigenvalue weighted by Crippen LogP contribution is -2.38. The smallest absolute Gasteiger partial charge is 0.405 e. The van der Waals surface area contributed by atoms with Gasteiger partial charge in [0.05, 0.1) is 5.56 Å². The topological polar surface area (TPSA) is 32.4 Å². The van der Waals surface area contributed by atoms with E-state index < -0.39 is 23.4 Å². The number of fused-ring (bicyclic) bond motifs is 1. The fraction of sp³-hybridized carbons (Fsp3) is 0.304. The number of nitrogens with zero attached hydrogens (tertiary/aromatic N) is 1. The van der Waals surface area contributed by atoms with Gasteiger partial charge in [-0.1, -0.05) is 36.4 Å². The quantitative estimate of drug-likeness (QED) is 0.421. The minimum Gasteiger partial charge on any atom is -0.405 e. The molecule has 0 amide bonds. The normalized spacial score (nSPS) is 16.5. The number of halogens is 5. The van der Waals surface area contributed by atoms with Crippen molar-refractivity contribution in [1.82, 2.24) is 5.06 Å². The van der Waals surface area contributed by atoms with Gasteiger partial charge in [-0.25, -0.2) is 0 Å². The van der Waals surface area contributed by atoms with Crippen LogP contribution in [0.4, 0.5) is 22.0 Å². The summed E-state index contributed by atoms with van der Waals surface area (Å²) in [4.78, 5) is 5.46. The predicted octanol–water partition coefficient (Wildman–Crippen LogP) is 6.81. The van der Waals surface area contributed by atoms with Crippen LogP contribution in [0.1, 0.15) is 29.9 Å². The largest absolute Gasteiger partial charge is 0.458 e. The molecule has 0 spiro atoms. The van der Waals surface area contributed by atoms with Crippen LogP contribution in [0.5, 0.6) is 11.5 Å². The van der Waals surface area contributed by atoms with Gasteiger partial charge in [0.25, 0.3) is 0 Å². The van der Waals surface area contributed by atoms with Crippen LogP contribution >= 0.6 is 0 Å². The van der Waals surface area contributed by atoms with E-state index in [9.17, 15) is 27.1 Å². The molecule has 3 nitrogen and oxygen atoms in total. The molecular formula is C23H19F5NO2. The summed E-state index contributed by atoms with van der Waals surface area (Å²) >= 11 is 0. The summed E-state index contributed by atoms with van der Waals surface area (Å²) in [5.74, 6) is -5.48. The van der Waals surface area contributed by atoms with Gasteiger partial charge in [0.2, 0.25) is 0 Å². The van der Waals surface area contributed by atoms with Crippen molar-refractivity contribution in [3.8, 4) is 11.5 Å². The average molecular weight is 436 g/mol. The summed E-state index contributed by atoms with van der Waals surface area (Å²) in [6.07, 6.45) is -4.49. The summed E-state index contributed by atoms with van der Waals surface area (Å²) in [5.41, 5.74) is -0.180. The van der Waals surface area contributed by atoms with Crippen molar-refractivity contribution in [2.75, 3.05) is 13.1 Å². The molecule has 1 saturated heterocycles. The van der Waals surface area contributed by atoms with E-state index in [4.69, 9.17) is 4.84 Å². The second-order valence-corrected chi connectivity index (χ2v) is 7.59. The zero-order valence-corrected chi connectivity index (χ0v) is 16.3. The molecule has 31 heavy (non-hydrogen) atoms. The fourth-order valence-corrected chi connectivity index (χ4v) is 3.99. The highest BCUT2D eigenvalue weighted by Gasteiger charge is 2.60. The Morgan fingerprint density at radius 3 is 2.29 bits per heavy atom. The van der Waals surface area contributed by atoms with Crippen LogP contribution in [0.25, 0.3) is 10.8 Å². The molecule has 0 unspecified atom stereocenters. The lowest BCUT2D eigenvalue weighted by atomic mass is 9.87.